The molecular weight excluding hydrogens is 375 g/mol. The SMILES string of the molecule is CC(C)CN=c1cccccc1[N](CC(C)C)[Ge](=[S])[n]1cccc1. The monoisotopic (exact) mass is 403 g/mol. The summed E-state index contributed by atoms with van der Waals surface area (Å²) in [5, 5.41) is 1.05. The summed E-state index contributed by atoms with van der Waals surface area (Å²) in [5.74, 6) is 1.10. The van der Waals surface area contributed by atoms with Crippen molar-refractivity contribution in [2.75, 3.05) is 16.9 Å². The first kappa shape index (κ1) is 19.1. The Labute approximate surface area is 154 Å². The van der Waals surface area contributed by atoms with Crippen LogP contribution >= 0.6 is 10.5 Å². The molecule has 0 atom stereocenters. The van der Waals surface area contributed by atoms with Crippen LogP contribution in [-0.2, 0) is 0 Å². The van der Waals surface area contributed by atoms with Crippen molar-refractivity contribution in [3.05, 3.63) is 60.2 Å². The van der Waals surface area contributed by atoms with Crippen LogP contribution in [0.2, 0.25) is 0 Å². The van der Waals surface area contributed by atoms with Gasteiger partial charge in [0.15, 0.2) is 0 Å². The summed E-state index contributed by atoms with van der Waals surface area (Å²) in [6, 6.07) is 14.6. The predicted octanol–water partition coefficient (Wildman–Crippen LogP) is 4.24. The van der Waals surface area contributed by atoms with E-state index in [9.17, 15) is 0 Å². The third-order valence-electron chi connectivity index (χ3n) is 3.51. The Balaban J connectivity index is 2.52. The molecule has 2 rings (SSSR count). The number of nitrogens with zero attached hydrogens (tertiary/aromatic N) is 3. The van der Waals surface area contributed by atoms with Crippen LogP contribution in [0.5, 0.6) is 0 Å². The second-order valence-electron chi connectivity index (χ2n) is 6.79. The molecule has 0 aliphatic carbocycles. The van der Waals surface area contributed by atoms with Crippen molar-refractivity contribution in [3.63, 3.8) is 0 Å². The molecule has 0 spiro atoms. The summed E-state index contributed by atoms with van der Waals surface area (Å²) < 4.78 is 4.68. The Morgan fingerprint density at radius 3 is 2.29 bits per heavy atom. The van der Waals surface area contributed by atoms with Crippen molar-refractivity contribution in [3.8, 4) is 0 Å². The number of anilines is 1. The van der Waals surface area contributed by atoms with E-state index in [0.717, 1.165) is 18.4 Å². The zero-order valence-corrected chi connectivity index (χ0v) is 17.9. The standard InChI is InChI=1S/C19H27GeN3S/c1-16(2)14-21-18-10-6-5-7-11-19(18)23(15-17(3)4)20(24)22-12-8-9-13-22/h5-13,16-17H,14-15H2,1-4H3. The molecule has 0 unspecified atom stereocenters. The summed E-state index contributed by atoms with van der Waals surface area (Å²) in [5.41, 5.74) is 1.17. The second kappa shape index (κ2) is 9.28. The van der Waals surface area contributed by atoms with E-state index in [0.29, 0.717) is 11.8 Å². The molecule has 2 aromatic rings. The maximum atomic E-state index is 6.02. The van der Waals surface area contributed by atoms with Crippen LogP contribution in [0.1, 0.15) is 27.7 Å². The Bertz CT molecular complexity index is 723. The van der Waals surface area contributed by atoms with Gasteiger partial charge >= 0.3 is 154 Å². The average Bonchev–Trinajstić information content (AvgIpc) is 2.96. The van der Waals surface area contributed by atoms with Gasteiger partial charge in [0.05, 0.1) is 0 Å². The molecule has 5 heteroatoms. The van der Waals surface area contributed by atoms with E-state index in [2.05, 4.69) is 89.9 Å². The molecule has 128 valence electrons. The summed E-state index contributed by atoms with van der Waals surface area (Å²) in [6.07, 6.45) is 4.20. The normalized spacial score (nSPS) is 12.0. The molecule has 0 saturated carbocycles. The van der Waals surface area contributed by atoms with Crippen LogP contribution in [0.3, 0.4) is 0 Å². The summed E-state index contributed by atoms with van der Waals surface area (Å²) >= 11 is -2.06. The minimum absolute atomic E-state index is 0.547. The van der Waals surface area contributed by atoms with Gasteiger partial charge in [-0.2, -0.15) is 0 Å². The van der Waals surface area contributed by atoms with Gasteiger partial charge in [-0.05, 0) is 0 Å². The van der Waals surface area contributed by atoms with Crippen LogP contribution in [0, 0.1) is 11.8 Å². The van der Waals surface area contributed by atoms with Gasteiger partial charge in [-0.25, -0.2) is 0 Å². The molecule has 0 aliphatic rings. The van der Waals surface area contributed by atoms with E-state index in [4.69, 9.17) is 15.4 Å². The fourth-order valence-corrected chi connectivity index (χ4v) is 7.35. The van der Waals surface area contributed by atoms with Gasteiger partial charge in [0.25, 0.3) is 0 Å². The van der Waals surface area contributed by atoms with Crippen LogP contribution < -0.4 is 9.21 Å². The van der Waals surface area contributed by atoms with Gasteiger partial charge in [-0.15, -0.1) is 0 Å². The maximum absolute atomic E-state index is 6.02. The topological polar surface area (TPSA) is 20.5 Å². The van der Waals surface area contributed by atoms with Crippen LogP contribution in [0.4, 0.5) is 5.69 Å². The van der Waals surface area contributed by atoms with E-state index in [1.807, 2.05) is 0 Å². The average molecular weight is 402 g/mol. The summed E-state index contributed by atoms with van der Waals surface area (Å²) in [6.45, 7) is 10.7. The first-order valence-electron chi connectivity index (χ1n) is 8.53. The predicted molar refractivity (Wildman–Crippen MR) is 107 cm³/mol. The van der Waals surface area contributed by atoms with Gasteiger partial charge in [0.2, 0.25) is 0 Å². The Morgan fingerprint density at radius 2 is 1.67 bits per heavy atom. The van der Waals surface area contributed by atoms with Crippen LogP contribution in [0.15, 0.2) is 59.9 Å². The third-order valence-corrected chi connectivity index (χ3v) is 9.16. The summed E-state index contributed by atoms with van der Waals surface area (Å²) in [7, 11) is 6.02. The fourth-order valence-electron chi connectivity index (χ4n) is 2.42. The molecule has 24 heavy (non-hydrogen) atoms. The molecule has 0 aliphatic heterocycles. The van der Waals surface area contributed by atoms with E-state index in [1.54, 1.807) is 0 Å². The quantitative estimate of drug-likeness (QED) is 0.647. The van der Waals surface area contributed by atoms with Crippen molar-refractivity contribution in [2.24, 2.45) is 16.8 Å². The first-order valence-corrected chi connectivity index (χ1v) is 13.4. The fraction of sp³-hybridized carbons (Fsp3) is 0.421. The molecule has 0 fully saturated rings. The molecular formula is C19H27GeN3S. The van der Waals surface area contributed by atoms with E-state index >= 15 is 0 Å². The molecule has 0 radical (unpaired) electrons. The number of hydrogen-bond donors (Lipinski definition) is 0. The van der Waals surface area contributed by atoms with Gasteiger partial charge in [-0.1, -0.05) is 0 Å². The van der Waals surface area contributed by atoms with Crippen molar-refractivity contribution in [2.45, 2.75) is 27.7 Å². The van der Waals surface area contributed by atoms with Gasteiger partial charge in [0.1, 0.15) is 0 Å². The molecule has 1 aromatic carbocycles. The molecule has 0 bridgehead atoms. The van der Waals surface area contributed by atoms with Crippen LogP contribution in [0.25, 0.3) is 0 Å². The minimum atomic E-state index is -2.06. The van der Waals surface area contributed by atoms with Crippen LogP contribution in [-0.4, -0.2) is 29.8 Å². The van der Waals surface area contributed by atoms with E-state index in [1.165, 1.54) is 5.69 Å². The first-order chi connectivity index (χ1) is 11.5. The molecule has 0 N–H and O–H groups in total. The van der Waals surface area contributed by atoms with Crippen molar-refractivity contribution < 1.29 is 0 Å². The Morgan fingerprint density at radius 1 is 1.00 bits per heavy atom. The third kappa shape index (κ3) is 5.38. The van der Waals surface area contributed by atoms with E-state index < -0.39 is 13.1 Å². The van der Waals surface area contributed by atoms with Gasteiger partial charge in [-0.3, -0.25) is 0 Å². The van der Waals surface area contributed by atoms with Crippen molar-refractivity contribution in [1.29, 1.82) is 0 Å². The number of aromatic nitrogens is 1. The Hall–Kier alpha value is -1.27. The number of rotatable bonds is 7. The van der Waals surface area contributed by atoms with Crippen molar-refractivity contribution in [1.82, 2.24) is 3.52 Å². The molecule has 1 aromatic heterocycles. The zero-order valence-electron chi connectivity index (χ0n) is 15.0. The molecule has 1 heterocycles. The van der Waals surface area contributed by atoms with Gasteiger partial charge < -0.3 is 0 Å². The number of hydrogen-bond acceptors (Lipinski definition) is 2. The van der Waals surface area contributed by atoms with E-state index in [-0.39, 0.29) is 0 Å². The molecule has 0 saturated heterocycles. The molecule has 3 nitrogen and oxygen atoms in total. The van der Waals surface area contributed by atoms with Crippen molar-refractivity contribution >= 4 is 29.3 Å². The zero-order chi connectivity index (χ0) is 17.5. The Kier molecular flexibility index (Phi) is 7.37. The molecule has 0 amide bonds. The summed E-state index contributed by atoms with van der Waals surface area (Å²) in [4.78, 5) is 4.87. The second-order valence-corrected chi connectivity index (χ2v) is 12.1. The van der Waals surface area contributed by atoms with Gasteiger partial charge in [0, 0.05) is 0 Å².